The maximum atomic E-state index is 6.77. The summed E-state index contributed by atoms with van der Waals surface area (Å²) in [6, 6.07) is 26.2. The van der Waals surface area contributed by atoms with Crippen molar-refractivity contribution in [1.29, 1.82) is 0 Å². The Balaban J connectivity index is 1.72. The fraction of sp³-hybridized carbons (Fsp3) is 0.312. The number of nitrogen functional groups attached to an aromatic ring is 1. The van der Waals surface area contributed by atoms with Crippen LogP contribution in [0.3, 0.4) is 0 Å². The number of rotatable bonds is 3. The number of hydrogen-bond acceptors (Lipinski definition) is 2. The number of nitrogens with two attached hydrogens (primary N) is 1. The van der Waals surface area contributed by atoms with Gasteiger partial charge in [-0.3, -0.25) is 0 Å². The molecule has 34 heavy (non-hydrogen) atoms. The third-order valence-corrected chi connectivity index (χ3v) is 8.33. The number of nitrogens with one attached hydrogen (secondary N) is 1. The summed E-state index contributed by atoms with van der Waals surface area (Å²) in [5.41, 5.74) is 16.2. The van der Waals surface area contributed by atoms with Gasteiger partial charge in [-0.05, 0) is 62.1 Å². The molecule has 2 heteroatoms. The van der Waals surface area contributed by atoms with Gasteiger partial charge in [-0.2, -0.15) is 0 Å². The van der Waals surface area contributed by atoms with Crippen molar-refractivity contribution in [3.05, 3.63) is 89.5 Å². The van der Waals surface area contributed by atoms with Crippen LogP contribution in [0.25, 0.3) is 21.9 Å². The Bertz CT molecular complexity index is 1400. The van der Waals surface area contributed by atoms with Crippen molar-refractivity contribution in [2.45, 2.75) is 64.7 Å². The summed E-state index contributed by atoms with van der Waals surface area (Å²) in [5.74, 6) is 0. The van der Waals surface area contributed by atoms with Crippen LogP contribution in [0.5, 0.6) is 0 Å². The van der Waals surface area contributed by atoms with Crippen molar-refractivity contribution in [2.24, 2.45) is 0 Å². The van der Waals surface area contributed by atoms with E-state index >= 15 is 0 Å². The van der Waals surface area contributed by atoms with Gasteiger partial charge in [-0.25, -0.2) is 0 Å². The molecule has 0 bridgehead atoms. The van der Waals surface area contributed by atoms with E-state index in [-0.39, 0.29) is 16.2 Å². The van der Waals surface area contributed by atoms with Crippen LogP contribution in [0, 0.1) is 0 Å². The molecule has 3 N–H and O–H groups in total. The highest BCUT2D eigenvalue weighted by atomic mass is 14.9. The standard InChI is InChI=1S/C32H36N2/c1-30(2,3)21-16-17-27(23(18-21)20-12-9-8-10-13-20)34-29-22-14-11-15-24-28(22)25(19-26(29)33)32(6,7)31(24,4)5/h8-19,34H,33H2,1-7H3. The van der Waals surface area contributed by atoms with Gasteiger partial charge >= 0.3 is 0 Å². The lowest BCUT2D eigenvalue weighted by Gasteiger charge is -2.37. The summed E-state index contributed by atoms with van der Waals surface area (Å²) in [6.07, 6.45) is 0. The summed E-state index contributed by atoms with van der Waals surface area (Å²) < 4.78 is 0. The Morgan fingerprint density at radius 1 is 0.735 bits per heavy atom. The highest BCUT2D eigenvalue weighted by molar-refractivity contribution is 6.07. The molecule has 0 spiro atoms. The predicted octanol–water partition coefficient (Wildman–Crippen LogP) is 8.70. The zero-order valence-electron chi connectivity index (χ0n) is 21.5. The van der Waals surface area contributed by atoms with E-state index in [2.05, 4.69) is 127 Å². The van der Waals surface area contributed by atoms with Gasteiger partial charge in [0.15, 0.2) is 0 Å². The molecule has 0 aromatic heterocycles. The Kier molecular flexibility index (Phi) is 4.88. The van der Waals surface area contributed by atoms with E-state index in [1.54, 1.807) is 0 Å². The lowest BCUT2D eigenvalue weighted by atomic mass is 9.66. The molecule has 0 radical (unpaired) electrons. The van der Waals surface area contributed by atoms with E-state index in [9.17, 15) is 0 Å². The maximum absolute atomic E-state index is 6.77. The van der Waals surface area contributed by atoms with Crippen LogP contribution in [0.2, 0.25) is 0 Å². The Morgan fingerprint density at radius 3 is 2.09 bits per heavy atom. The van der Waals surface area contributed by atoms with Gasteiger partial charge in [0.1, 0.15) is 0 Å². The van der Waals surface area contributed by atoms with Gasteiger partial charge < -0.3 is 11.1 Å². The molecule has 1 aliphatic rings. The summed E-state index contributed by atoms with van der Waals surface area (Å²) >= 11 is 0. The first kappa shape index (κ1) is 22.5. The molecule has 0 amide bonds. The van der Waals surface area contributed by atoms with Crippen molar-refractivity contribution in [3.8, 4) is 11.1 Å². The third-order valence-electron chi connectivity index (χ3n) is 8.33. The van der Waals surface area contributed by atoms with E-state index in [4.69, 9.17) is 5.73 Å². The molecule has 1 aliphatic carbocycles. The van der Waals surface area contributed by atoms with Crippen LogP contribution < -0.4 is 11.1 Å². The molecule has 0 saturated carbocycles. The normalized spacial score (nSPS) is 16.1. The maximum Gasteiger partial charge on any atom is 0.0698 e. The zero-order valence-corrected chi connectivity index (χ0v) is 21.5. The monoisotopic (exact) mass is 448 g/mol. The van der Waals surface area contributed by atoms with E-state index in [1.165, 1.54) is 38.6 Å². The van der Waals surface area contributed by atoms with E-state index in [1.807, 2.05) is 0 Å². The van der Waals surface area contributed by atoms with Crippen molar-refractivity contribution in [3.63, 3.8) is 0 Å². The lowest BCUT2D eigenvalue weighted by molar-refractivity contribution is 0.322. The Morgan fingerprint density at radius 2 is 1.41 bits per heavy atom. The first-order chi connectivity index (χ1) is 15.9. The molecule has 0 unspecified atom stereocenters. The highest BCUT2D eigenvalue weighted by Crippen LogP contribution is 2.56. The molecule has 4 aromatic carbocycles. The number of hydrogen-bond donors (Lipinski definition) is 2. The van der Waals surface area contributed by atoms with Gasteiger partial charge in [0.25, 0.3) is 0 Å². The Labute approximate surface area is 204 Å². The minimum atomic E-state index is 0.00510. The second-order valence-electron chi connectivity index (χ2n) is 11.9. The zero-order chi connectivity index (χ0) is 24.5. The second-order valence-corrected chi connectivity index (χ2v) is 11.9. The van der Waals surface area contributed by atoms with Crippen LogP contribution in [0.1, 0.15) is 65.2 Å². The molecular weight excluding hydrogens is 412 g/mol. The van der Waals surface area contributed by atoms with Gasteiger partial charge in [0, 0.05) is 16.6 Å². The second kappa shape index (κ2) is 7.37. The van der Waals surface area contributed by atoms with Crippen LogP contribution in [0.4, 0.5) is 17.1 Å². The van der Waals surface area contributed by atoms with E-state index < -0.39 is 0 Å². The van der Waals surface area contributed by atoms with Crippen LogP contribution in [-0.4, -0.2) is 0 Å². The summed E-state index contributed by atoms with van der Waals surface area (Å²) in [4.78, 5) is 0. The SMILES string of the molecule is CC(C)(C)c1ccc(Nc2c(N)cc3c4c(cccc24)C(C)(C)C3(C)C)c(-c2ccccc2)c1. The minimum Gasteiger partial charge on any atom is -0.397 e. The number of benzene rings is 4. The smallest absolute Gasteiger partial charge is 0.0698 e. The summed E-state index contributed by atoms with van der Waals surface area (Å²) in [6.45, 7) is 16.2. The van der Waals surface area contributed by atoms with Gasteiger partial charge in [0.05, 0.1) is 11.4 Å². The van der Waals surface area contributed by atoms with Crippen LogP contribution >= 0.6 is 0 Å². The van der Waals surface area contributed by atoms with Crippen LogP contribution in [0.15, 0.2) is 72.8 Å². The first-order valence-corrected chi connectivity index (χ1v) is 12.3. The first-order valence-electron chi connectivity index (χ1n) is 12.3. The molecule has 174 valence electrons. The van der Waals surface area contributed by atoms with E-state index in [0.29, 0.717) is 0 Å². The lowest BCUT2D eigenvalue weighted by Crippen LogP contribution is -2.35. The molecular formula is C32H36N2. The molecule has 0 fully saturated rings. The average Bonchev–Trinajstić information content (AvgIpc) is 2.94. The van der Waals surface area contributed by atoms with Crippen LogP contribution in [-0.2, 0) is 16.2 Å². The molecule has 4 aromatic rings. The summed E-state index contributed by atoms with van der Waals surface area (Å²) in [7, 11) is 0. The highest BCUT2D eigenvalue weighted by Gasteiger charge is 2.47. The number of anilines is 3. The molecule has 2 nitrogen and oxygen atoms in total. The van der Waals surface area contributed by atoms with Crippen molar-refractivity contribution in [1.82, 2.24) is 0 Å². The third kappa shape index (κ3) is 3.23. The molecule has 0 aliphatic heterocycles. The fourth-order valence-corrected chi connectivity index (χ4v) is 5.44. The van der Waals surface area contributed by atoms with Gasteiger partial charge in [0.2, 0.25) is 0 Å². The van der Waals surface area contributed by atoms with E-state index in [0.717, 1.165) is 17.1 Å². The predicted molar refractivity (Wildman–Crippen MR) is 148 cm³/mol. The largest absolute Gasteiger partial charge is 0.397 e. The summed E-state index contributed by atoms with van der Waals surface area (Å²) in [5, 5.41) is 6.32. The van der Waals surface area contributed by atoms with Crippen molar-refractivity contribution >= 4 is 27.8 Å². The molecule has 0 heterocycles. The fourth-order valence-electron chi connectivity index (χ4n) is 5.44. The quantitative estimate of drug-likeness (QED) is 0.308. The molecule has 5 rings (SSSR count). The molecule has 0 saturated heterocycles. The van der Waals surface area contributed by atoms with Gasteiger partial charge in [-0.1, -0.05) is 103 Å². The minimum absolute atomic E-state index is 0.00510. The van der Waals surface area contributed by atoms with Gasteiger partial charge in [-0.15, -0.1) is 0 Å². The van der Waals surface area contributed by atoms with Crippen molar-refractivity contribution in [2.75, 3.05) is 11.1 Å². The molecule has 0 atom stereocenters. The van der Waals surface area contributed by atoms with Crippen molar-refractivity contribution < 1.29 is 0 Å². The Hall–Kier alpha value is -3.26. The average molecular weight is 449 g/mol. The topological polar surface area (TPSA) is 38.0 Å².